The van der Waals surface area contributed by atoms with Crippen LogP contribution in [0.1, 0.15) is 25.5 Å². The van der Waals surface area contributed by atoms with E-state index in [-0.39, 0.29) is 0 Å². The van der Waals surface area contributed by atoms with Gasteiger partial charge in [-0.05, 0) is 26.0 Å². The van der Waals surface area contributed by atoms with Crippen molar-refractivity contribution in [3.8, 4) is 11.8 Å². The van der Waals surface area contributed by atoms with Gasteiger partial charge in [0.1, 0.15) is 12.7 Å². The van der Waals surface area contributed by atoms with Crippen LogP contribution < -0.4 is 0 Å². The molecule has 6 heteroatoms. The molecule has 20 heavy (non-hydrogen) atoms. The molecule has 2 unspecified atom stereocenters. The van der Waals surface area contributed by atoms with Crippen LogP contribution in [-0.4, -0.2) is 19.9 Å². The third-order valence-electron chi connectivity index (χ3n) is 3.10. The van der Waals surface area contributed by atoms with Crippen molar-refractivity contribution < 1.29 is 5.11 Å². The molecule has 0 aliphatic heterocycles. The highest BCUT2D eigenvalue weighted by Gasteiger charge is 2.37. The van der Waals surface area contributed by atoms with Crippen LogP contribution in [0.2, 0.25) is 10.0 Å². The molecule has 2 aromatic rings. The van der Waals surface area contributed by atoms with Gasteiger partial charge in [0.15, 0.2) is 5.60 Å². The summed E-state index contributed by atoms with van der Waals surface area (Å²) >= 11 is 12.1. The Morgan fingerprint density at radius 1 is 1.40 bits per heavy atom. The number of nitrogens with zero attached hydrogens (tertiary/aromatic N) is 3. The van der Waals surface area contributed by atoms with E-state index in [2.05, 4.69) is 21.9 Å². The maximum Gasteiger partial charge on any atom is 0.174 e. The Balaban J connectivity index is 2.56. The number of rotatable bonds is 3. The molecule has 0 radical (unpaired) electrons. The fraction of sp³-hybridized carbons (Fsp3) is 0.286. The fourth-order valence-corrected chi connectivity index (χ4v) is 2.55. The minimum Gasteiger partial charge on any atom is -0.371 e. The summed E-state index contributed by atoms with van der Waals surface area (Å²) in [5.41, 5.74) is -0.995. The van der Waals surface area contributed by atoms with Crippen LogP contribution in [0.25, 0.3) is 0 Å². The van der Waals surface area contributed by atoms with Gasteiger partial charge in [0, 0.05) is 15.6 Å². The Labute approximate surface area is 127 Å². The van der Waals surface area contributed by atoms with Crippen molar-refractivity contribution in [2.45, 2.75) is 25.5 Å². The van der Waals surface area contributed by atoms with Crippen LogP contribution in [0.3, 0.4) is 0 Å². The first-order valence-corrected chi connectivity index (χ1v) is 6.70. The molecule has 0 bridgehead atoms. The van der Waals surface area contributed by atoms with Gasteiger partial charge in [0.25, 0.3) is 0 Å². The van der Waals surface area contributed by atoms with Gasteiger partial charge < -0.3 is 5.11 Å². The highest BCUT2D eigenvalue weighted by atomic mass is 35.5. The second kappa shape index (κ2) is 5.84. The highest BCUT2D eigenvalue weighted by molar-refractivity contribution is 6.35. The summed E-state index contributed by atoms with van der Waals surface area (Å²) in [7, 11) is 0. The van der Waals surface area contributed by atoms with E-state index in [1.54, 1.807) is 32.0 Å². The lowest BCUT2D eigenvalue weighted by Gasteiger charge is -2.30. The van der Waals surface area contributed by atoms with Gasteiger partial charge in [-0.15, -0.1) is 5.92 Å². The molecule has 1 heterocycles. The molecular formula is C14H13Cl2N3O. The second-order valence-corrected chi connectivity index (χ2v) is 5.16. The maximum absolute atomic E-state index is 11.0. The van der Waals surface area contributed by atoms with Gasteiger partial charge in [-0.1, -0.05) is 35.2 Å². The van der Waals surface area contributed by atoms with E-state index < -0.39 is 11.6 Å². The van der Waals surface area contributed by atoms with Crippen molar-refractivity contribution in [3.63, 3.8) is 0 Å². The molecular weight excluding hydrogens is 297 g/mol. The topological polar surface area (TPSA) is 50.9 Å². The quantitative estimate of drug-likeness (QED) is 0.887. The Kier molecular flexibility index (Phi) is 4.34. The zero-order valence-electron chi connectivity index (χ0n) is 11.0. The number of hydrogen-bond donors (Lipinski definition) is 1. The molecule has 0 saturated heterocycles. The maximum atomic E-state index is 11.0. The SMILES string of the molecule is CC#CC(O)(c1ccc(Cl)cc1Cl)C(C)n1cncn1. The van der Waals surface area contributed by atoms with Gasteiger partial charge in [-0.25, -0.2) is 9.67 Å². The summed E-state index contributed by atoms with van der Waals surface area (Å²) in [5, 5.41) is 15.9. The lowest BCUT2D eigenvalue weighted by Crippen LogP contribution is -2.34. The zero-order chi connectivity index (χ0) is 14.8. The molecule has 0 fully saturated rings. The molecule has 0 aliphatic carbocycles. The number of hydrogen-bond acceptors (Lipinski definition) is 3. The Bertz CT molecular complexity index is 661. The normalized spacial score (nSPS) is 15.1. The number of aromatic nitrogens is 3. The molecule has 0 aliphatic rings. The average molecular weight is 310 g/mol. The third-order valence-corrected chi connectivity index (χ3v) is 3.64. The Morgan fingerprint density at radius 3 is 2.70 bits per heavy atom. The number of halogens is 2. The Morgan fingerprint density at radius 2 is 2.15 bits per heavy atom. The van der Waals surface area contributed by atoms with Crippen LogP contribution >= 0.6 is 23.2 Å². The first-order valence-electron chi connectivity index (χ1n) is 5.95. The van der Waals surface area contributed by atoms with Crippen molar-refractivity contribution in [2.75, 3.05) is 0 Å². The monoisotopic (exact) mass is 309 g/mol. The lowest BCUT2D eigenvalue weighted by molar-refractivity contribution is 0.0424. The predicted molar refractivity (Wildman–Crippen MR) is 78.5 cm³/mol. The smallest absolute Gasteiger partial charge is 0.174 e. The highest BCUT2D eigenvalue weighted by Crippen LogP contribution is 2.37. The second-order valence-electron chi connectivity index (χ2n) is 4.32. The standard InChI is InChI=1S/C14H13Cl2N3O/c1-3-6-14(20,10(2)19-9-17-8-18-19)12-5-4-11(15)7-13(12)16/h4-5,7-10,20H,1-2H3. The molecule has 0 spiro atoms. The van der Waals surface area contributed by atoms with E-state index in [0.29, 0.717) is 15.6 Å². The summed E-state index contributed by atoms with van der Waals surface area (Å²) in [6.07, 6.45) is 2.93. The third kappa shape index (κ3) is 2.66. The van der Waals surface area contributed by atoms with E-state index in [1.807, 2.05) is 0 Å². The fourth-order valence-electron chi connectivity index (χ4n) is 1.99. The van der Waals surface area contributed by atoms with E-state index in [1.165, 1.54) is 17.3 Å². The predicted octanol–water partition coefficient (Wildman–Crippen LogP) is 3.06. The van der Waals surface area contributed by atoms with Crippen molar-refractivity contribution in [3.05, 3.63) is 46.5 Å². The summed E-state index contributed by atoms with van der Waals surface area (Å²) in [6.45, 7) is 3.45. The molecule has 2 rings (SSSR count). The molecule has 0 amide bonds. The summed E-state index contributed by atoms with van der Waals surface area (Å²) in [4.78, 5) is 3.89. The minimum absolute atomic E-state index is 0.356. The van der Waals surface area contributed by atoms with E-state index >= 15 is 0 Å². The van der Waals surface area contributed by atoms with Crippen LogP contribution in [0.5, 0.6) is 0 Å². The molecule has 1 aromatic heterocycles. The van der Waals surface area contributed by atoms with Crippen molar-refractivity contribution in [1.82, 2.24) is 14.8 Å². The molecule has 4 nitrogen and oxygen atoms in total. The van der Waals surface area contributed by atoms with Crippen LogP contribution in [0, 0.1) is 11.8 Å². The summed E-state index contributed by atoms with van der Waals surface area (Å²) in [5.74, 6) is 5.55. The van der Waals surface area contributed by atoms with Crippen LogP contribution in [-0.2, 0) is 5.60 Å². The molecule has 2 atom stereocenters. The molecule has 104 valence electrons. The largest absolute Gasteiger partial charge is 0.371 e. The first kappa shape index (κ1) is 14.9. The minimum atomic E-state index is -1.48. The lowest BCUT2D eigenvalue weighted by atomic mass is 9.87. The van der Waals surface area contributed by atoms with Gasteiger partial charge in [0.2, 0.25) is 0 Å². The van der Waals surface area contributed by atoms with Crippen molar-refractivity contribution in [2.24, 2.45) is 0 Å². The van der Waals surface area contributed by atoms with E-state index in [9.17, 15) is 5.11 Å². The average Bonchev–Trinajstić information content (AvgIpc) is 2.91. The number of aliphatic hydroxyl groups is 1. The summed E-state index contributed by atoms with van der Waals surface area (Å²) < 4.78 is 1.54. The van der Waals surface area contributed by atoms with E-state index in [4.69, 9.17) is 23.2 Å². The van der Waals surface area contributed by atoms with E-state index in [0.717, 1.165) is 0 Å². The van der Waals surface area contributed by atoms with Gasteiger partial charge >= 0.3 is 0 Å². The summed E-state index contributed by atoms with van der Waals surface area (Å²) in [6, 6.07) is 4.45. The molecule has 0 saturated carbocycles. The van der Waals surface area contributed by atoms with Crippen molar-refractivity contribution in [1.29, 1.82) is 0 Å². The van der Waals surface area contributed by atoms with Gasteiger partial charge in [-0.2, -0.15) is 5.10 Å². The Hall–Kier alpha value is -1.54. The molecule has 1 N–H and O–H groups in total. The zero-order valence-corrected chi connectivity index (χ0v) is 12.5. The van der Waals surface area contributed by atoms with Gasteiger partial charge in [0.05, 0.1) is 6.04 Å². The van der Waals surface area contributed by atoms with Gasteiger partial charge in [-0.3, -0.25) is 0 Å². The number of benzene rings is 1. The first-order chi connectivity index (χ1) is 9.49. The van der Waals surface area contributed by atoms with Crippen LogP contribution in [0.4, 0.5) is 0 Å². The van der Waals surface area contributed by atoms with Crippen molar-refractivity contribution >= 4 is 23.2 Å². The molecule has 1 aromatic carbocycles. The van der Waals surface area contributed by atoms with Crippen LogP contribution in [0.15, 0.2) is 30.9 Å².